The number of halogens is 1. The predicted molar refractivity (Wildman–Crippen MR) is 176 cm³/mol. The van der Waals surface area contributed by atoms with Crippen LogP contribution in [0.4, 0.5) is 11.4 Å². The van der Waals surface area contributed by atoms with Gasteiger partial charge in [0.1, 0.15) is 16.7 Å². The molecule has 3 heterocycles. The Hall–Kier alpha value is -4.40. The van der Waals surface area contributed by atoms with E-state index in [1.807, 2.05) is 0 Å². The number of fused-ring (bicyclic) bond motifs is 2. The lowest BCUT2D eigenvalue weighted by molar-refractivity contribution is -0.122. The number of H-pyrrole nitrogens is 1. The fourth-order valence-electron chi connectivity index (χ4n) is 5.48. The Bertz CT molecular complexity index is 1890. The summed E-state index contributed by atoms with van der Waals surface area (Å²) >= 11 is 5.62. The summed E-state index contributed by atoms with van der Waals surface area (Å²) in [6.45, 7) is 1.58. The number of ether oxygens (including phenoxy) is 3. The van der Waals surface area contributed by atoms with E-state index in [4.69, 9.17) is 14.2 Å². The number of carbonyl (C=O) groups excluding carboxylic acids is 4. The van der Waals surface area contributed by atoms with Gasteiger partial charge in [0.15, 0.2) is 6.61 Å². The quantitative estimate of drug-likeness (QED) is 0.176. The number of imide groups is 1. The number of carbonyl (C=O) groups is 4. The van der Waals surface area contributed by atoms with Crippen molar-refractivity contribution in [1.82, 2.24) is 4.98 Å². The Morgan fingerprint density at radius 3 is 2.43 bits per heavy atom. The van der Waals surface area contributed by atoms with Crippen LogP contribution in [0.25, 0.3) is 0 Å². The molecule has 3 aromatic carbocycles. The molecule has 3 atom stereocenters. The van der Waals surface area contributed by atoms with Gasteiger partial charge in [0.25, 0.3) is 5.91 Å². The highest BCUT2D eigenvalue weighted by Crippen LogP contribution is 2.54. The molecular formula is C32H26BrN3O8S2. The van der Waals surface area contributed by atoms with Gasteiger partial charge in [-0.2, -0.15) is 0 Å². The molecule has 2 aliphatic rings. The van der Waals surface area contributed by atoms with Gasteiger partial charge >= 0.3 is 10.8 Å². The number of aromatic nitrogens is 1. The maximum atomic E-state index is 14.2. The largest absolute Gasteiger partial charge is 0.497 e. The van der Waals surface area contributed by atoms with Gasteiger partial charge in [-0.25, -0.2) is 9.69 Å². The molecule has 3 amide bonds. The number of aromatic amines is 1. The number of methoxy groups -OCH3 is 1. The first-order valence-electron chi connectivity index (χ1n) is 14.1. The Kier molecular flexibility index (Phi) is 9.02. The summed E-state index contributed by atoms with van der Waals surface area (Å²) < 4.78 is 16.9. The minimum absolute atomic E-state index is 0.215. The number of nitrogens with one attached hydrogen (secondary N) is 2. The van der Waals surface area contributed by atoms with Gasteiger partial charge in [0.2, 0.25) is 11.8 Å². The molecule has 2 aliphatic heterocycles. The molecule has 0 bridgehead atoms. The van der Waals surface area contributed by atoms with Crippen LogP contribution < -0.4 is 24.6 Å². The minimum atomic E-state index is -0.883. The summed E-state index contributed by atoms with van der Waals surface area (Å²) in [4.78, 5) is 69.8. The Morgan fingerprint density at radius 1 is 1.00 bits per heavy atom. The molecule has 6 rings (SSSR count). The summed E-state index contributed by atoms with van der Waals surface area (Å²) in [6.07, 6.45) is 0. The molecule has 236 valence electrons. The van der Waals surface area contributed by atoms with Gasteiger partial charge in [0.05, 0.1) is 35.9 Å². The van der Waals surface area contributed by atoms with Crippen LogP contribution >= 0.6 is 39.0 Å². The molecule has 3 unspecified atom stereocenters. The number of benzene rings is 3. The summed E-state index contributed by atoms with van der Waals surface area (Å²) in [5.74, 6) is -2.45. The molecule has 1 fully saturated rings. The maximum Gasteiger partial charge on any atom is 0.338 e. The predicted octanol–water partition coefficient (Wildman–Crippen LogP) is 5.20. The maximum absolute atomic E-state index is 14.2. The second kappa shape index (κ2) is 13.1. The number of hydrogen-bond donors (Lipinski definition) is 2. The average Bonchev–Trinajstić information content (AvgIpc) is 3.54. The van der Waals surface area contributed by atoms with E-state index < -0.39 is 40.8 Å². The zero-order valence-corrected chi connectivity index (χ0v) is 27.6. The molecule has 4 aromatic rings. The van der Waals surface area contributed by atoms with Gasteiger partial charge in [-0.3, -0.25) is 19.2 Å². The molecule has 46 heavy (non-hydrogen) atoms. The molecule has 14 heteroatoms. The zero-order valence-electron chi connectivity index (χ0n) is 24.4. The number of hydrogen-bond acceptors (Lipinski definition) is 10. The lowest BCUT2D eigenvalue weighted by Crippen LogP contribution is -2.32. The van der Waals surface area contributed by atoms with Gasteiger partial charge in [-0.05, 0) is 73.7 Å². The summed E-state index contributed by atoms with van der Waals surface area (Å²) in [7, 11) is 1.55. The van der Waals surface area contributed by atoms with Crippen LogP contribution in [0.2, 0.25) is 0 Å². The number of rotatable bonds is 9. The first-order chi connectivity index (χ1) is 22.2. The molecular weight excluding hydrogens is 698 g/mol. The van der Waals surface area contributed by atoms with Crippen LogP contribution in [-0.2, 0) is 19.1 Å². The average molecular weight is 725 g/mol. The number of thioether (sulfide) groups is 1. The van der Waals surface area contributed by atoms with E-state index in [-0.39, 0.29) is 18.1 Å². The van der Waals surface area contributed by atoms with Crippen molar-refractivity contribution in [3.63, 3.8) is 0 Å². The minimum Gasteiger partial charge on any atom is -0.497 e. The van der Waals surface area contributed by atoms with Crippen LogP contribution in [0.3, 0.4) is 0 Å². The summed E-state index contributed by atoms with van der Waals surface area (Å²) in [6, 6.07) is 18.1. The van der Waals surface area contributed by atoms with Gasteiger partial charge in [0, 0.05) is 26.5 Å². The normalized spacial score (nSPS) is 18.5. The molecule has 1 saturated heterocycles. The fourth-order valence-corrected chi connectivity index (χ4v) is 8.36. The number of nitrogens with zero attached hydrogens (tertiary/aromatic N) is 1. The van der Waals surface area contributed by atoms with E-state index in [1.165, 1.54) is 24.3 Å². The van der Waals surface area contributed by atoms with E-state index in [0.29, 0.717) is 48.4 Å². The van der Waals surface area contributed by atoms with E-state index in [0.717, 1.165) is 28.0 Å². The van der Waals surface area contributed by atoms with Crippen molar-refractivity contribution in [1.29, 1.82) is 0 Å². The second-order valence-corrected chi connectivity index (χ2v) is 13.4. The topological polar surface area (TPSA) is 144 Å². The summed E-state index contributed by atoms with van der Waals surface area (Å²) in [5, 5.41) is 2.44. The van der Waals surface area contributed by atoms with Crippen LogP contribution in [0.1, 0.15) is 33.6 Å². The third-order valence-corrected chi connectivity index (χ3v) is 10.4. The van der Waals surface area contributed by atoms with Crippen LogP contribution in [-0.4, -0.2) is 54.2 Å². The standard InChI is InChI=1S/C32H26BrN3O8S2/c1-3-43-31(40)16-4-9-19(10-5-16)36-29(38)25-24(26-28(35-32(41)46-26)45-27(25)30(36)39)21-14-17(33)6-13-22(21)44-15-23(37)34-18-7-11-20(42-2)12-8-18/h4-14,24-25,27H,3,15H2,1-2H3,(H,34,37)(H,35,41). The fraction of sp³-hybridized carbons (Fsp3) is 0.219. The SMILES string of the molecule is CCOC(=O)c1ccc(N2C(=O)C3Sc4[nH]c(=O)sc4C(c4cc(Br)ccc4OCC(=O)Nc4ccc(OC)cc4)C3C2=O)cc1. The smallest absolute Gasteiger partial charge is 0.338 e. The third-order valence-electron chi connectivity index (χ3n) is 7.50. The zero-order chi connectivity index (χ0) is 32.5. The van der Waals surface area contributed by atoms with Crippen molar-refractivity contribution >= 4 is 74.1 Å². The number of thiazole rings is 1. The lowest BCUT2D eigenvalue weighted by Gasteiger charge is -2.31. The highest BCUT2D eigenvalue weighted by molar-refractivity contribution is 9.10. The lowest BCUT2D eigenvalue weighted by atomic mass is 9.82. The highest BCUT2D eigenvalue weighted by atomic mass is 79.9. The van der Waals surface area contributed by atoms with Crippen LogP contribution in [0.5, 0.6) is 11.5 Å². The van der Waals surface area contributed by atoms with Crippen LogP contribution in [0.15, 0.2) is 81.0 Å². The molecule has 2 N–H and O–H groups in total. The second-order valence-electron chi connectivity index (χ2n) is 10.3. The van der Waals surface area contributed by atoms with Crippen LogP contribution in [0, 0.1) is 5.92 Å². The molecule has 0 saturated carbocycles. The van der Waals surface area contributed by atoms with Crippen molar-refractivity contribution in [3.05, 3.63) is 96.9 Å². The van der Waals surface area contributed by atoms with E-state index in [2.05, 4.69) is 26.2 Å². The first-order valence-corrected chi connectivity index (χ1v) is 16.6. The van der Waals surface area contributed by atoms with E-state index >= 15 is 0 Å². The number of amides is 3. The van der Waals surface area contributed by atoms with E-state index in [1.54, 1.807) is 56.5 Å². The van der Waals surface area contributed by atoms with Crippen molar-refractivity contribution in [2.75, 3.05) is 30.5 Å². The molecule has 0 aliphatic carbocycles. The number of anilines is 2. The van der Waals surface area contributed by atoms with Gasteiger partial charge in [-0.1, -0.05) is 39.0 Å². The van der Waals surface area contributed by atoms with E-state index in [9.17, 15) is 24.0 Å². The first kappa shape index (κ1) is 31.6. The van der Waals surface area contributed by atoms with Crippen molar-refractivity contribution in [2.45, 2.75) is 23.1 Å². The monoisotopic (exact) mass is 723 g/mol. The molecule has 1 aromatic heterocycles. The van der Waals surface area contributed by atoms with Crippen molar-refractivity contribution in [3.8, 4) is 11.5 Å². The Balaban J connectivity index is 1.31. The Morgan fingerprint density at radius 2 is 1.74 bits per heavy atom. The Labute approximate surface area is 279 Å². The molecule has 0 spiro atoms. The summed E-state index contributed by atoms with van der Waals surface area (Å²) in [5.41, 5.74) is 1.71. The van der Waals surface area contributed by atoms with Gasteiger partial charge < -0.3 is 24.5 Å². The van der Waals surface area contributed by atoms with Gasteiger partial charge in [-0.15, -0.1) is 0 Å². The molecule has 0 radical (unpaired) electrons. The number of esters is 1. The highest BCUT2D eigenvalue weighted by Gasteiger charge is 2.57. The molecule has 11 nitrogen and oxygen atoms in total. The van der Waals surface area contributed by atoms with Crippen molar-refractivity contribution in [2.24, 2.45) is 5.92 Å². The third kappa shape index (κ3) is 6.07. The van der Waals surface area contributed by atoms with Crippen molar-refractivity contribution < 1.29 is 33.4 Å².